The summed E-state index contributed by atoms with van der Waals surface area (Å²) in [7, 11) is 1.95. The Morgan fingerprint density at radius 1 is 1.39 bits per heavy atom. The van der Waals surface area contributed by atoms with Gasteiger partial charge in [-0.2, -0.15) is 0 Å². The molecule has 0 bridgehead atoms. The molecule has 1 aromatic carbocycles. The van der Waals surface area contributed by atoms with E-state index >= 15 is 0 Å². The Labute approximate surface area is 112 Å². The Hall–Kier alpha value is -1.39. The molecule has 0 saturated heterocycles. The molecule has 1 heterocycles. The molecule has 0 aliphatic heterocycles. The number of nitrogens with one attached hydrogen (secondary N) is 1. The van der Waals surface area contributed by atoms with Crippen LogP contribution in [0.4, 0.5) is 0 Å². The Morgan fingerprint density at radius 2 is 2.22 bits per heavy atom. The summed E-state index contributed by atoms with van der Waals surface area (Å²) < 4.78 is 1.93. The van der Waals surface area contributed by atoms with E-state index in [9.17, 15) is 0 Å². The number of hydrogen-bond donors (Lipinski definition) is 1. The molecule has 0 unspecified atom stereocenters. The lowest BCUT2D eigenvalue weighted by Gasteiger charge is -2.06. The van der Waals surface area contributed by atoms with Crippen molar-refractivity contribution in [2.24, 2.45) is 7.05 Å². The summed E-state index contributed by atoms with van der Waals surface area (Å²) in [6.07, 6.45) is 2.59. The number of nitrogens with zero attached hydrogens (tertiary/aromatic N) is 3. The van der Waals surface area contributed by atoms with Gasteiger partial charge < -0.3 is 9.88 Å². The fourth-order valence-electron chi connectivity index (χ4n) is 1.71. The quantitative estimate of drug-likeness (QED) is 0.841. The minimum Gasteiger partial charge on any atom is -0.321 e. The third kappa shape index (κ3) is 3.31. The van der Waals surface area contributed by atoms with E-state index in [-0.39, 0.29) is 0 Å². The third-order valence-corrected chi connectivity index (χ3v) is 3.30. The van der Waals surface area contributed by atoms with Crippen LogP contribution >= 0.6 is 11.6 Å². The molecule has 0 saturated carbocycles. The van der Waals surface area contributed by atoms with Gasteiger partial charge in [-0.25, -0.2) is 0 Å². The summed E-state index contributed by atoms with van der Waals surface area (Å²) in [6.45, 7) is 3.70. The van der Waals surface area contributed by atoms with E-state index in [2.05, 4.69) is 21.6 Å². The number of aromatic nitrogens is 3. The van der Waals surface area contributed by atoms with E-state index in [0.29, 0.717) is 0 Å². The van der Waals surface area contributed by atoms with Gasteiger partial charge in [0, 0.05) is 31.6 Å². The van der Waals surface area contributed by atoms with Crippen LogP contribution in [0.2, 0.25) is 5.02 Å². The standard InChI is InChI=1S/C13H17ClN4/c1-10-3-4-11(7-12(10)14)8-15-6-5-13-17-16-9-18(13)2/h3-4,7,9,15H,5-6,8H2,1-2H3. The van der Waals surface area contributed by atoms with Gasteiger partial charge in [-0.3, -0.25) is 0 Å². The van der Waals surface area contributed by atoms with Crippen molar-refractivity contribution in [1.82, 2.24) is 20.1 Å². The fourth-order valence-corrected chi connectivity index (χ4v) is 1.92. The van der Waals surface area contributed by atoms with E-state index in [1.54, 1.807) is 6.33 Å². The van der Waals surface area contributed by atoms with E-state index < -0.39 is 0 Å². The van der Waals surface area contributed by atoms with Crippen LogP contribution in [0.15, 0.2) is 24.5 Å². The minimum absolute atomic E-state index is 0.817. The highest BCUT2D eigenvalue weighted by molar-refractivity contribution is 6.31. The van der Waals surface area contributed by atoms with Crippen LogP contribution in [0.5, 0.6) is 0 Å². The first-order valence-electron chi connectivity index (χ1n) is 5.95. The molecule has 0 atom stereocenters. The lowest BCUT2D eigenvalue weighted by Crippen LogP contribution is -2.18. The normalized spacial score (nSPS) is 10.8. The summed E-state index contributed by atoms with van der Waals surface area (Å²) in [4.78, 5) is 0. The molecule has 96 valence electrons. The number of hydrogen-bond acceptors (Lipinski definition) is 3. The van der Waals surface area contributed by atoms with Crippen LogP contribution in [-0.4, -0.2) is 21.3 Å². The minimum atomic E-state index is 0.817. The van der Waals surface area contributed by atoms with Crippen LogP contribution in [0.25, 0.3) is 0 Å². The first kappa shape index (κ1) is 13.1. The van der Waals surface area contributed by atoms with Gasteiger partial charge in [0.1, 0.15) is 12.2 Å². The summed E-state index contributed by atoms with van der Waals surface area (Å²) in [6, 6.07) is 6.14. The van der Waals surface area contributed by atoms with E-state index in [1.807, 2.05) is 30.7 Å². The second-order valence-electron chi connectivity index (χ2n) is 4.37. The number of rotatable bonds is 5. The molecule has 5 heteroatoms. The molecule has 1 N–H and O–H groups in total. The van der Waals surface area contributed by atoms with E-state index in [0.717, 1.165) is 35.9 Å². The van der Waals surface area contributed by atoms with Crippen molar-refractivity contribution in [1.29, 1.82) is 0 Å². The largest absolute Gasteiger partial charge is 0.321 e. The van der Waals surface area contributed by atoms with Crippen LogP contribution in [0.1, 0.15) is 17.0 Å². The predicted octanol–water partition coefficient (Wildman–Crippen LogP) is 2.11. The maximum Gasteiger partial charge on any atom is 0.133 e. The molecule has 2 rings (SSSR count). The van der Waals surface area contributed by atoms with Gasteiger partial charge in [-0.1, -0.05) is 23.7 Å². The number of benzene rings is 1. The average molecular weight is 265 g/mol. The summed E-state index contributed by atoms with van der Waals surface area (Å²) in [5.74, 6) is 0.990. The number of aryl methyl sites for hydroxylation is 2. The van der Waals surface area contributed by atoms with Crippen LogP contribution in [0, 0.1) is 6.92 Å². The van der Waals surface area contributed by atoms with Crippen molar-refractivity contribution < 1.29 is 0 Å². The Balaban J connectivity index is 1.78. The smallest absolute Gasteiger partial charge is 0.133 e. The van der Waals surface area contributed by atoms with E-state index in [1.165, 1.54) is 5.56 Å². The highest BCUT2D eigenvalue weighted by Crippen LogP contribution is 2.16. The predicted molar refractivity (Wildman–Crippen MR) is 72.6 cm³/mol. The molecule has 4 nitrogen and oxygen atoms in total. The summed E-state index contributed by atoms with van der Waals surface area (Å²) in [5, 5.41) is 12.1. The lowest BCUT2D eigenvalue weighted by atomic mass is 10.1. The van der Waals surface area contributed by atoms with Crippen molar-refractivity contribution in [3.63, 3.8) is 0 Å². The zero-order valence-electron chi connectivity index (χ0n) is 10.7. The number of halogens is 1. The highest BCUT2D eigenvalue weighted by Gasteiger charge is 2.01. The topological polar surface area (TPSA) is 42.7 Å². The monoisotopic (exact) mass is 264 g/mol. The molecule has 0 aliphatic carbocycles. The first-order chi connectivity index (χ1) is 8.66. The van der Waals surface area contributed by atoms with Crippen molar-refractivity contribution in [2.75, 3.05) is 6.54 Å². The molecule has 0 fully saturated rings. The van der Waals surface area contributed by atoms with Crippen molar-refractivity contribution >= 4 is 11.6 Å². The maximum atomic E-state index is 6.08. The highest BCUT2D eigenvalue weighted by atomic mass is 35.5. The molecule has 18 heavy (non-hydrogen) atoms. The van der Waals surface area contributed by atoms with Gasteiger partial charge in [0.25, 0.3) is 0 Å². The summed E-state index contributed by atoms with van der Waals surface area (Å²) in [5.41, 5.74) is 2.31. The zero-order chi connectivity index (χ0) is 13.0. The van der Waals surface area contributed by atoms with Gasteiger partial charge in [0.05, 0.1) is 0 Å². The average Bonchev–Trinajstić information content (AvgIpc) is 2.75. The zero-order valence-corrected chi connectivity index (χ0v) is 11.4. The van der Waals surface area contributed by atoms with Gasteiger partial charge in [0.15, 0.2) is 0 Å². The Morgan fingerprint density at radius 3 is 2.89 bits per heavy atom. The molecule has 0 radical (unpaired) electrons. The van der Waals surface area contributed by atoms with Crippen LogP contribution < -0.4 is 5.32 Å². The first-order valence-corrected chi connectivity index (χ1v) is 6.33. The fraction of sp³-hybridized carbons (Fsp3) is 0.385. The summed E-state index contributed by atoms with van der Waals surface area (Å²) >= 11 is 6.08. The molecule has 1 aromatic heterocycles. The van der Waals surface area contributed by atoms with Crippen LogP contribution in [-0.2, 0) is 20.0 Å². The SMILES string of the molecule is Cc1ccc(CNCCc2nncn2C)cc1Cl. The molecule has 0 amide bonds. The van der Waals surface area contributed by atoms with Crippen molar-refractivity contribution in [3.8, 4) is 0 Å². The van der Waals surface area contributed by atoms with Gasteiger partial charge >= 0.3 is 0 Å². The second kappa shape index (κ2) is 5.98. The van der Waals surface area contributed by atoms with E-state index in [4.69, 9.17) is 11.6 Å². The molecular formula is C13H17ClN4. The van der Waals surface area contributed by atoms with Crippen LogP contribution in [0.3, 0.4) is 0 Å². The van der Waals surface area contributed by atoms with Gasteiger partial charge in [-0.15, -0.1) is 10.2 Å². The Kier molecular flexibility index (Phi) is 4.33. The Bertz CT molecular complexity index is 521. The van der Waals surface area contributed by atoms with Gasteiger partial charge in [-0.05, 0) is 24.1 Å². The lowest BCUT2D eigenvalue weighted by molar-refractivity contribution is 0.654. The van der Waals surface area contributed by atoms with Crippen molar-refractivity contribution in [3.05, 3.63) is 46.5 Å². The molecular weight excluding hydrogens is 248 g/mol. The maximum absolute atomic E-state index is 6.08. The van der Waals surface area contributed by atoms with Gasteiger partial charge in [0.2, 0.25) is 0 Å². The third-order valence-electron chi connectivity index (χ3n) is 2.90. The molecule has 0 spiro atoms. The van der Waals surface area contributed by atoms with Crippen molar-refractivity contribution in [2.45, 2.75) is 19.9 Å². The molecule has 2 aromatic rings. The second-order valence-corrected chi connectivity index (χ2v) is 4.78. The molecule has 0 aliphatic rings.